The van der Waals surface area contributed by atoms with Gasteiger partial charge in [0.15, 0.2) is 5.82 Å². The van der Waals surface area contributed by atoms with Gasteiger partial charge in [-0.25, -0.2) is 0 Å². The van der Waals surface area contributed by atoms with E-state index in [1.54, 1.807) is 4.68 Å². The largest absolute Gasteiger partial charge is 0.494 e. The Morgan fingerprint density at radius 1 is 1.03 bits per heavy atom. The van der Waals surface area contributed by atoms with Crippen LogP contribution in [0.4, 0.5) is 0 Å². The first kappa shape index (κ1) is 20.5. The minimum Gasteiger partial charge on any atom is -0.494 e. The van der Waals surface area contributed by atoms with Gasteiger partial charge in [-0.05, 0) is 65.9 Å². The molecule has 1 aliphatic heterocycles. The molecule has 1 aromatic heterocycles. The van der Waals surface area contributed by atoms with Crippen LogP contribution in [0.2, 0.25) is 0 Å². The molecule has 4 rings (SSSR count). The predicted octanol–water partition coefficient (Wildman–Crippen LogP) is 2.78. The molecule has 0 N–H and O–H groups in total. The molecule has 9 heteroatoms. The van der Waals surface area contributed by atoms with Crippen LogP contribution in [0.1, 0.15) is 23.1 Å². The van der Waals surface area contributed by atoms with Crippen molar-refractivity contribution in [2.45, 2.75) is 13.5 Å². The summed E-state index contributed by atoms with van der Waals surface area (Å²) in [6, 6.07) is 15.2. The molecule has 3 aromatic rings. The Balaban J connectivity index is 1.36. The lowest BCUT2D eigenvalue weighted by Crippen LogP contribution is -2.48. The second-order valence-electron chi connectivity index (χ2n) is 7.01. The van der Waals surface area contributed by atoms with Gasteiger partial charge in [-0.3, -0.25) is 9.69 Å². The van der Waals surface area contributed by atoms with Crippen LogP contribution in [0.15, 0.2) is 53.0 Å². The van der Waals surface area contributed by atoms with Crippen molar-refractivity contribution in [3.63, 3.8) is 0 Å². The molecule has 0 aliphatic carbocycles. The van der Waals surface area contributed by atoms with E-state index in [9.17, 15) is 4.79 Å². The van der Waals surface area contributed by atoms with Crippen LogP contribution in [0.3, 0.4) is 0 Å². The first-order valence-corrected chi connectivity index (χ1v) is 10.7. The number of piperazine rings is 1. The summed E-state index contributed by atoms with van der Waals surface area (Å²) in [4.78, 5) is 16.9. The Morgan fingerprint density at radius 3 is 2.40 bits per heavy atom. The number of rotatable bonds is 6. The first-order valence-electron chi connectivity index (χ1n) is 9.91. The maximum absolute atomic E-state index is 12.7. The van der Waals surface area contributed by atoms with E-state index in [1.165, 1.54) is 0 Å². The Morgan fingerprint density at radius 2 is 1.73 bits per heavy atom. The molecule has 0 atom stereocenters. The Kier molecular flexibility index (Phi) is 6.39. The van der Waals surface area contributed by atoms with Crippen molar-refractivity contribution in [1.82, 2.24) is 30.0 Å². The Bertz CT molecular complexity index is 981. The van der Waals surface area contributed by atoms with Crippen LogP contribution in [0.25, 0.3) is 5.69 Å². The van der Waals surface area contributed by atoms with E-state index in [4.69, 9.17) is 4.74 Å². The number of carbonyl (C=O) groups is 1. The molecule has 0 spiro atoms. The molecule has 1 fully saturated rings. The molecule has 0 radical (unpaired) electrons. The van der Waals surface area contributed by atoms with Crippen molar-refractivity contribution in [2.75, 3.05) is 32.8 Å². The number of hydrogen-bond acceptors (Lipinski definition) is 6. The number of nitrogens with zero attached hydrogens (tertiary/aromatic N) is 6. The number of carbonyl (C=O) groups excluding carboxylic acids is 1. The number of ether oxygens (including phenoxy) is 1. The highest BCUT2D eigenvalue weighted by molar-refractivity contribution is 9.10. The molecule has 156 valence electrons. The average Bonchev–Trinajstić information content (AvgIpc) is 3.23. The Labute approximate surface area is 183 Å². The van der Waals surface area contributed by atoms with E-state index >= 15 is 0 Å². The van der Waals surface area contributed by atoms with Crippen LogP contribution < -0.4 is 4.74 Å². The molecule has 2 heterocycles. The summed E-state index contributed by atoms with van der Waals surface area (Å²) in [7, 11) is 0. The van der Waals surface area contributed by atoms with Gasteiger partial charge < -0.3 is 9.64 Å². The van der Waals surface area contributed by atoms with Crippen molar-refractivity contribution < 1.29 is 9.53 Å². The lowest BCUT2D eigenvalue weighted by Gasteiger charge is -2.34. The average molecular weight is 471 g/mol. The summed E-state index contributed by atoms with van der Waals surface area (Å²) in [5.41, 5.74) is 1.61. The van der Waals surface area contributed by atoms with Crippen molar-refractivity contribution >= 4 is 21.8 Å². The summed E-state index contributed by atoms with van der Waals surface area (Å²) in [6.07, 6.45) is 0. The predicted molar refractivity (Wildman–Crippen MR) is 116 cm³/mol. The van der Waals surface area contributed by atoms with E-state index in [-0.39, 0.29) is 5.91 Å². The molecule has 1 saturated heterocycles. The monoisotopic (exact) mass is 470 g/mol. The topological polar surface area (TPSA) is 76.4 Å². The smallest absolute Gasteiger partial charge is 0.253 e. The van der Waals surface area contributed by atoms with Crippen LogP contribution >= 0.6 is 15.9 Å². The molecule has 8 nitrogen and oxygen atoms in total. The van der Waals surface area contributed by atoms with Crippen LogP contribution in [0, 0.1) is 0 Å². The Hall–Kier alpha value is -2.78. The lowest BCUT2D eigenvalue weighted by atomic mass is 10.2. The van der Waals surface area contributed by atoms with Gasteiger partial charge in [0.25, 0.3) is 5.91 Å². The fraction of sp³-hybridized carbons (Fsp3) is 0.333. The fourth-order valence-electron chi connectivity index (χ4n) is 3.44. The van der Waals surface area contributed by atoms with Crippen LogP contribution in [0.5, 0.6) is 5.75 Å². The first-order chi connectivity index (χ1) is 14.6. The zero-order valence-electron chi connectivity index (χ0n) is 16.7. The maximum atomic E-state index is 12.7. The minimum absolute atomic E-state index is 0.0707. The normalized spacial score (nSPS) is 14.7. The summed E-state index contributed by atoms with van der Waals surface area (Å²) < 4.78 is 8.21. The van der Waals surface area contributed by atoms with Gasteiger partial charge in [-0.2, -0.15) is 4.68 Å². The maximum Gasteiger partial charge on any atom is 0.253 e. The van der Waals surface area contributed by atoms with E-state index in [0.717, 1.165) is 34.8 Å². The third kappa shape index (κ3) is 4.68. The molecule has 0 unspecified atom stereocenters. The molecule has 0 bridgehead atoms. The highest BCUT2D eigenvalue weighted by atomic mass is 79.9. The van der Waals surface area contributed by atoms with E-state index in [1.807, 2.05) is 60.4 Å². The summed E-state index contributed by atoms with van der Waals surface area (Å²) in [5.74, 6) is 1.66. The second-order valence-corrected chi connectivity index (χ2v) is 7.92. The molecule has 30 heavy (non-hydrogen) atoms. The minimum atomic E-state index is 0.0707. The molecule has 0 saturated carbocycles. The van der Waals surface area contributed by atoms with Gasteiger partial charge in [0.1, 0.15) is 5.75 Å². The van der Waals surface area contributed by atoms with Crippen LogP contribution in [-0.4, -0.2) is 68.7 Å². The number of tetrazole rings is 1. The van der Waals surface area contributed by atoms with Crippen molar-refractivity contribution in [3.8, 4) is 11.4 Å². The van der Waals surface area contributed by atoms with E-state index < -0.39 is 0 Å². The molecule has 1 aliphatic rings. The number of aromatic nitrogens is 4. The highest BCUT2D eigenvalue weighted by Gasteiger charge is 2.23. The summed E-state index contributed by atoms with van der Waals surface area (Å²) in [5, 5.41) is 12.2. The molecular formula is C21H23BrN6O2. The molecule has 1 amide bonds. The second kappa shape index (κ2) is 9.36. The number of hydrogen-bond donors (Lipinski definition) is 0. The molecule has 2 aromatic carbocycles. The standard InChI is InChI=1S/C21H23BrN6O2/c1-2-30-19-9-7-18(8-10-19)28-20(23-24-25-28)15-26-11-13-27(14-12-26)21(29)16-3-5-17(22)6-4-16/h3-10H,2,11-15H2,1H3. The number of amides is 1. The number of benzene rings is 2. The van der Waals surface area contributed by atoms with Gasteiger partial charge in [0.05, 0.1) is 18.8 Å². The third-order valence-electron chi connectivity index (χ3n) is 5.04. The summed E-state index contributed by atoms with van der Waals surface area (Å²) in [6.45, 7) is 6.13. The van der Waals surface area contributed by atoms with Gasteiger partial charge >= 0.3 is 0 Å². The third-order valence-corrected chi connectivity index (χ3v) is 5.57. The van der Waals surface area contributed by atoms with E-state index in [0.29, 0.717) is 31.8 Å². The van der Waals surface area contributed by atoms with Gasteiger partial charge in [-0.15, -0.1) is 5.10 Å². The van der Waals surface area contributed by atoms with E-state index in [2.05, 4.69) is 36.4 Å². The zero-order valence-corrected chi connectivity index (χ0v) is 18.3. The SMILES string of the molecule is CCOc1ccc(-n2nnnc2CN2CCN(C(=O)c3ccc(Br)cc3)CC2)cc1. The quantitative estimate of drug-likeness (QED) is 0.551. The van der Waals surface area contributed by atoms with Gasteiger partial charge in [0.2, 0.25) is 0 Å². The van der Waals surface area contributed by atoms with Crippen molar-refractivity contribution in [2.24, 2.45) is 0 Å². The van der Waals surface area contributed by atoms with Crippen molar-refractivity contribution in [3.05, 3.63) is 64.4 Å². The van der Waals surface area contributed by atoms with Gasteiger partial charge in [-0.1, -0.05) is 15.9 Å². The highest BCUT2D eigenvalue weighted by Crippen LogP contribution is 2.17. The number of halogens is 1. The zero-order chi connectivity index (χ0) is 20.9. The van der Waals surface area contributed by atoms with Crippen molar-refractivity contribution in [1.29, 1.82) is 0 Å². The lowest BCUT2D eigenvalue weighted by molar-refractivity contribution is 0.0624. The van der Waals surface area contributed by atoms with Crippen LogP contribution in [-0.2, 0) is 6.54 Å². The summed E-state index contributed by atoms with van der Waals surface area (Å²) >= 11 is 3.40. The molecular weight excluding hydrogens is 448 g/mol. The van der Waals surface area contributed by atoms with Gasteiger partial charge in [0, 0.05) is 36.2 Å². The fourth-order valence-corrected chi connectivity index (χ4v) is 3.70.